The minimum Gasteiger partial charge on any atom is -0.508 e. The summed E-state index contributed by atoms with van der Waals surface area (Å²) in [6.07, 6.45) is -6.26. The zero-order valence-corrected chi connectivity index (χ0v) is 10.3. The Morgan fingerprint density at radius 2 is 1.65 bits per heavy atom. The molecule has 1 N–H and O–H groups in total. The first-order valence-electron chi connectivity index (χ1n) is 6.06. The van der Waals surface area contributed by atoms with Crippen LogP contribution >= 0.6 is 0 Å². The molecular weight excluding hydrogens is 269 g/mol. The van der Waals surface area contributed by atoms with Gasteiger partial charge in [0.15, 0.2) is 6.10 Å². The molecule has 1 atom stereocenters. The number of hydrogen-bond acceptors (Lipinski definition) is 2. The molecule has 0 aliphatic carbocycles. The minimum atomic E-state index is -4.40. The zero-order valence-electron chi connectivity index (χ0n) is 10.3. The van der Waals surface area contributed by atoms with Crippen LogP contribution in [-0.2, 0) is 11.3 Å². The SMILES string of the molecule is Oc1ccc(-c2ccc3c(c2)C(C(F)(F)F)OC3)cc1. The number of phenolic OH excluding ortho intramolecular Hbond substituents is 1. The van der Waals surface area contributed by atoms with Crippen molar-refractivity contribution in [1.29, 1.82) is 0 Å². The third-order valence-electron chi connectivity index (χ3n) is 3.33. The van der Waals surface area contributed by atoms with E-state index in [4.69, 9.17) is 4.74 Å². The summed E-state index contributed by atoms with van der Waals surface area (Å²) in [6.45, 7) is -0.0185. The Hall–Kier alpha value is -2.01. The molecule has 1 aliphatic rings. The van der Waals surface area contributed by atoms with Crippen molar-refractivity contribution in [3.05, 3.63) is 53.6 Å². The highest BCUT2D eigenvalue weighted by Crippen LogP contribution is 2.43. The van der Waals surface area contributed by atoms with E-state index in [9.17, 15) is 18.3 Å². The number of aromatic hydroxyl groups is 1. The number of fused-ring (bicyclic) bond motifs is 1. The van der Waals surface area contributed by atoms with Crippen LogP contribution in [0.15, 0.2) is 42.5 Å². The van der Waals surface area contributed by atoms with Gasteiger partial charge in [-0.3, -0.25) is 0 Å². The fourth-order valence-electron chi connectivity index (χ4n) is 2.34. The summed E-state index contributed by atoms with van der Waals surface area (Å²) >= 11 is 0. The van der Waals surface area contributed by atoms with Gasteiger partial charge in [-0.1, -0.05) is 24.3 Å². The van der Waals surface area contributed by atoms with E-state index >= 15 is 0 Å². The van der Waals surface area contributed by atoms with Crippen LogP contribution in [0.4, 0.5) is 13.2 Å². The molecule has 0 bridgehead atoms. The first-order valence-corrected chi connectivity index (χ1v) is 6.06. The highest BCUT2D eigenvalue weighted by atomic mass is 19.4. The van der Waals surface area contributed by atoms with E-state index in [0.717, 1.165) is 5.56 Å². The van der Waals surface area contributed by atoms with Crippen LogP contribution in [0.25, 0.3) is 11.1 Å². The number of halogens is 3. The molecule has 2 aromatic rings. The largest absolute Gasteiger partial charge is 0.508 e. The Labute approximate surface area is 113 Å². The summed E-state index contributed by atoms with van der Waals surface area (Å²) in [6, 6.07) is 11.2. The van der Waals surface area contributed by atoms with Gasteiger partial charge in [-0.05, 0) is 40.5 Å². The highest BCUT2D eigenvalue weighted by molar-refractivity contribution is 5.66. The standard InChI is InChI=1S/C15H11F3O2/c16-15(17,18)14-13-7-10(1-2-11(13)8-20-14)9-3-5-12(19)6-4-9/h1-7,14,19H,8H2. The molecule has 0 aromatic heterocycles. The van der Waals surface area contributed by atoms with Crippen LogP contribution in [0, 0.1) is 0 Å². The zero-order chi connectivity index (χ0) is 14.3. The van der Waals surface area contributed by atoms with E-state index in [2.05, 4.69) is 0 Å². The molecule has 0 amide bonds. The molecular formula is C15H11F3O2. The predicted octanol–water partition coefficient (Wildman–Crippen LogP) is 4.19. The number of hydrogen-bond donors (Lipinski definition) is 1. The molecule has 0 saturated carbocycles. The Bertz CT molecular complexity index is 633. The van der Waals surface area contributed by atoms with E-state index in [1.165, 1.54) is 18.2 Å². The van der Waals surface area contributed by atoms with Crippen molar-refractivity contribution in [3.8, 4) is 16.9 Å². The second-order valence-corrected chi connectivity index (χ2v) is 4.69. The van der Waals surface area contributed by atoms with Crippen LogP contribution in [0.2, 0.25) is 0 Å². The molecule has 3 rings (SSSR count). The molecule has 0 radical (unpaired) electrons. The van der Waals surface area contributed by atoms with Gasteiger partial charge in [-0.25, -0.2) is 0 Å². The van der Waals surface area contributed by atoms with E-state index in [-0.39, 0.29) is 17.9 Å². The van der Waals surface area contributed by atoms with Crippen molar-refractivity contribution in [2.24, 2.45) is 0 Å². The van der Waals surface area contributed by atoms with E-state index in [1.807, 2.05) is 0 Å². The van der Waals surface area contributed by atoms with Gasteiger partial charge in [0.1, 0.15) is 5.75 Å². The number of phenols is 1. The van der Waals surface area contributed by atoms with Crippen LogP contribution in [0.5, 0.6) is 5.75 Å². The van der Waals surface area contributed by atoms with Gasteiger partial charge in [0.25, 0.3) is 0 Å². The lowest BCUT2D eigenvalue weighted by Gasteiger charge is -2.15. The Kier molecular flexibility index (Phi) is 2.94. The number of rotatable bonds is 1. The highest BCUT2D eigenvalue weighted by Gasteiger charge is 2.45. The number of benzene rings is 2. The monoisotopic (exact) mass is 280 g/mol. The Morgan fingerprint density at radius 1 is 1.00 bits per heavy atom. The van der Waals surface area contributed by atoms with Crippen LogP contribution in [0.3, 0.4) is 0 Å². The van der Waals surface area contributed by atoms with Crippen molar-refractivity contribution in [3.63, 3.8) is 0 Å². The quantitative estimate of drug-likeness (QED) is 0.848. The summed E-state index contributed by atoms with van der Waals surface area (Å²) in [7, 11) is 0. The molecule has 1 aliphatic heterocycles. The normalized spacial score (nSPS) is 18.1. The molecule has 1 unspecified atom stereocenters. The maximum atomic E-state index is 12.9. The van der Waals surface area contributed by atoms with Gasteiger partial charge in [0, 0.05) is 0 Å². The lowest BCUT2D eigenvalue weighted by molar-refractivity contribution is -0.219. The van der Waals surface area contributed by atoms with Crippen molar-refractivity contribution < 1.29 is 23.0 Å². The van der Waals surface area contributed by atoms with Crippen molar-refractivity contribution >= 4 is 0 Å². The van der Waals surface area contributed by atoms with Gasteiger partial charge in [-0.2, -0.15) is 13.2 Å². The van der Waals surface area contributed by atoms with Crippen molar-refractivity contribution in [2.75, 3.05) is 0 Å². The maximum absolute atomic E-state index is 12.9. The van der Waals surface area contributed by atoms with Gasteiger partial charge in [0.05, 0.1) is 6.61 Å². The number of ether oxygens (including phenoxy) is 1. The van der Waals surface area contributed by atoms with Gasteiger partial charge in [-0.15, -0.1) is 0 Å². The topological polar surface area (TPSA) is 29.5 Å². The average molecular weight is 280 g/mol. The molecule has 104 valence electrons. The summed E-state index contributed by atoms with van der Waals surface area (Å²) in [5.74, 6) is 0.117. The fraction of sp³-hybridized carbons (Fsp3) is 0.200. The Balaban J connectivity index is 2.03. The molecule has 0 fully saturated rings. The maximum Gasteiger partial charge on any atom is 0.418 e. The summed E-state index contributed by atoms with van der Waals surface area (Å²) < 4.78 is 43.4. The van der Waals surface area contributed by atoms with Crippen LogP contribution < -0.4 is 0 Å². The molecule has 5 heteroatoms. The molecule has 2 nitrogen and oxygen atoms in total. The van der Waals surface area contributed by atoms with Crippen LogP contribution in [-0.4, -0.2) is 11.3 Å². The average Bonchev–Trinajstić information content (AvgIpc) is 2.82. The van der Waals surface area contributed by atoms with E-state index in [0.29, 0.717) is 11.1 Å². The van der Waals surface area contributed by atoms with Gasteiger partial charge >= 0.3 is 6.18 Å². The predicted molar refractivity (Wildman–Crippen MR) is 67.1 cm³/mol. The second-order valence-electron chi connectivity index (χ2n) is 4.69. The Morgan fingerprint density at radius 3 is 2.30 bits per heavy atom. The first kappa shape index (κ1) is 13.0. The number of alkyl halides is 3. The third-order valence-corrected chi connectivity index (χ3v) is 3.33. The fourth-order valence-corrected chi connectivity index (χ4v) is 2.34. The summed E-state index contributed by atoms with van der Waals surface area (Å²) in [4.78, 5) is 0. The second kappa shape index (κ2) is 4.52. The van der Waals surface area contributed by atoms with Crippen molar-refractivity contribution in [1.82, 2.24) is 0 Å². The molecule has 20 heavy (non-hydrogen) atoms. The van der Waals surface area contributed by atoms with Crippen molar-refractivity contribution in [2.45, 2.75) is 18.9 Å². The third kappa shape index (κ3) is 2.25. The van der Waals surface area contributed by atoms with E-state index < -0.39 is 12.3 Å². The lowest BCUT2D eigenvalue weighted by Crippen LogP contribution is -2.19. The van der Waals surface area contributed by atoms with Crippen LogP contribution in [0.1, 0.15) is 17.2 Å². The summed E-state index contributed by atoms with van der Waals surface area (Å²) in [5.41, 5.74) is 2.15. The van der Waals surface area contributed by atoms with Gasteiger partial charge in [0.2, 0.25) is 0 Å². The van der Waals surface area contributed by atoms with E-state index in [1.54, 1.807) is 24.3 Å². The minimum absolute atomic E-state index is 0.0185. The molecule has 0 spiro atoms. The molecule has 1 heterocycles. The summed E-state index contributed by atoms with van der Waals surface area (Å²) in [5, 5.41) is 9.24. The molecule has 0 saturated heterocycles. The smallest absolute Gasteiger partial charge is 0.418 e. The molecule has 2 aromatic carbocycles. The van der Waals surface area contributed by atoms with Gasteiger partial charge < -0.3 is 9.84 Å². The first-order chi connectivity index (χ1) is 9.45. The lowest BCUT2D eigenvalue weighted by atomic mass is 9.97.